The molecule has 1 saturated carbocycles. The topological polar surface area (TPSA) is 73.1 Å². The molecule has 18 heavy (non-hydrogen) atoms. The summed E-state index contributed by atoms with van der Waals surface area (Å²) in [5, 5.41) is 3.25. The number of aromatic nitrogens is 2. The number of nitrogens with zero attached hydrogens (tertiary/aromatic N) is 2. The Morgan fingerprint density at radius 3 is 3.00 bits per heavy atom. The fourth-order valence-corrected chi connectivity index (χ4v) is 2.28. The first-order valence-electron chi connectivity index (χ1n) is 6.64. The number of nitrogens with one attached hydrogen (secondary N) is 1. The molecular weight excluding hydrogens is 228 g/mol. The minimum absolute atomic E-state index is 0.121. The highest BCUT2D eigenvalue weighted by molar-refractivity contribution is 5.27. The van der Waals surface area contributed by atoms with Crippen LogP contribution in [0.4, 0.5) is 5.95 Å². The second kappa shape index (κ2) is 6.00. The molecule has 5 nitrogen and oxygen atoms in total. The van der Waals surface area contributed by atoms with E-state index >= 15 is 0 Å². The molecule has 3 N–H and O–H groups in total. The molecule has 0 saturated heterocycles. The Kier molecular flexibility index (Phi) is 4.36. The van der Waals surface area contributed by atoms with E-state index in [0.29, 0.717) is 23.8 Å². The molecule has 1 aromatic rings. The van der Waals surface area contributed by atoms with Crippen LogP contribution in [-0.4, -0.2) is 28.7 Å². The van der Waals surface area contributed by atoms with E-state index in [4.69, 9.17) is 10.5 Å². The van der Waals surface area contributed by atoms with Crippen LogP contribution >= 0.6 is 0 Å². The number of hydrogen-bond donors (Lipinski definition) is 2. The molecule has 0 spiro atoms. The SMILES string of the molecule is CC(C)Oc1ccnc(NCC2CCCC2N)n1. The molecule has 1 aromatic heterocycles. The van der Waals surface area contributed by atoms with Crippen LogP contribution in [0.15, 0.2) is 12.3 Å². The Bertz CT molecular complexity index is 383. The van der Waals surface area contributed by atoms with E-state index in [2.05, 4.69) is 15.3 Å². The third kappa shape index (κ3) is 3.57. The minimum Gasteiger partial charge on any atom is -0.475 e. The van der Waals surface area contributed by atoms with E-state index in [1.54, 1.807) is 12.3 Å². The van der Waals surface area contributed by atoms with Crippen LogP contribution in [0, 0.1) is 5.92 Å². The van der Waals surface area contributed by atoms with Gasteiger partial charge >= 0.3 is 0 Å². The van der Waals surface area contributed by atoms with E-state index in [9.17, 15) is 0 Å². The van der Waals surface area contributed by atoms with E-state index in [1.807, 2.05) is 13.8 Å². The van der Waals surface area contributed by atoms with Gasteiger partial charge in [-0.25, -0.2) is 4.98 Å². The largest absolute Gasteiger partial charge is 0.475 e. The molecule has 0 amide bonds. The Morgan fingerprint density at radius 1 is 1.50 bits per heavy atom. The lowest BCUT2D eigenvalue weighted by Gasteiger charge is -2.16. The Hall–Kier alpha value is -1.36. The second-order valence-electron chi connectivity index (χ2n) is 5.12. The molecule has 2 atom stereocenters. The van der Waals surface area contributed by atoms with Gasteiger partial charge in [0.2, 0.25) is 11.8 Å². The fourth-order valence-electron chi connectivity index (χ4n) is 2.28. The summed E-state index contributed by atoms with van der Waals surface area (Å²) in [6.07, 6.45) is 5.38. The number of rotatable bonds is 5. The van der Waals surface area contributed by atoms with Crippen LogP contribution in [0.5, 0.6) is 5.88 Å². The molecule has 100 valence electrons. The molecule has 1 heterocycles. The maximum absolute atomic E-state index is 6.03. The van der Waals surface area contributed by atoms with Gasteiger partial charge in [-0.05, 0) is 32.6 Å². The summed E-state index contributed by atoms with van der Waals surface area (Å²) >= 11 is 0. The van der Waals surface area contributed by atoms with Gasteiger partial charge in [0, 0.05) is 24.8 Å². The van der Waals surface area contributed by atoms with Crippen LogP contribution < -0.4 is 15.8 Å². The molecule has 5 heteroatoms. The third-order valence-corrected chi connectivity index (χ3v) is 3.23. The molecule has 2 unspecified atom stereocenters. The standard InChI is InChI=1S/C13H22N4O/c1-9(2)18-12-6-7-15-13(17-12)16-8-10-4-3-5-11(10)14/h6-7,9-11H,3-5,8,14H2,1-2H3,(H,15,16,17). The monoisotopic (exact) mass is 250 g/mol. The van der Waals surface area contributed by atoms with E-state index < -0.39 is 0 Å². The summed E-state index contributed by atoms with van der Waals surface area (Å²) in [6, 6.07) is 2.08. The van der Waals surface area contributed by atoms with Crippen molar-refractivity contribution in [2.45, 2.75) is 45.3 Å². The first-order chi connectivity index (χ1) is 8.65. The van der Waals surface area contributed by atoms with Gasteiger partial charge in [0.05, 0.1) is 6.10 Å². The molecular formula is C13H22N4O. The molecule has 1 fully saturated rings. The average molecular weight is 250 g/mol. The van der Waals surface area contributed by atoms with Crippen LogP contribution in [-0.2, 0) is 0 Å². The van der Waals surface area contributed by atoms with E-state index in [1.165, 1.54) is 12.8 Å². The van der Waals surface area contributed by atoms with Crippen molar-refractivity contribution in [2.24, 2.45) is 11.7 Å². The highest BCUT2D eigenvalue weighted by Gasteiger charge is 2.23. The average Bonchev–Trinajstić information content (AvgIpc) is 2.72. The lowest BCUT2D eigenvalue weighted by molar-refractivity contribution is 0.232. The summed E-state index contributed by atoms with van der Waals surface area (Å²) in [7, 11) is 0. The van der Waals surface area contributed by atoms with Gasteiger partial charge < -0.3 is 15.8 Å². The first-order valence-corrected chi connectivity index (χ1v) is 6.64. The predicted octanol–water partition coefficient (Wildman–Crippen LogP) is 1.80. The number of hydrogen-bond acceptors (Lipinski definition) is 5. The van der Waals surface area contributed by atoms with Crippen molar-refractivity contribution in [3.63, 3.8) is 0 Å². The van der Waals surface area contributed by atoms with Crippen molar-refractivity contribution < 1.29 is 4.74 Å². The molecule has 0 bridgehead atoms. The highest BCUT2D eigenvalue weighted by atomic mass is 16.5. The molecule has 0 aromatic carbocycles. The van der Waals surface area contributed by atoms with Crippen molar-refractivity contribution >= 4 is 5.95 Å². The second-order valence-corrected chi connectivity index (χ2v) is 5.12. The van der Waals surface area contributed by atoms with Gasteiger partial charge in [0.1, 0.15) is 0 Å². The van der Waals surface area contributed by atoms with Gasteiger partial charge in [0.15, 0.2) is 0 Å². The Morgan fingerprint density at radius 2 is 2.33 bits per heavy atom. The van der Waals surface area contributed by atoms with Crippen molar-refractivity contribution in [3.8, 4) is 5.88 Å². The summed E-state index contributed by atoms with van der Waals surface area (Å²) in [5.41, 5.74) is 6.03. The van der Waals surface area contributed by atoms with Crippen molar-refractivity contribution in [1.82, 2.24) is 9.97 Å². The third-order valence-electron chi connectivity index (χ3n) is 3.23. The Balaban J connectivity index is 1.88. The van der Waals surface area contributed by atoms with Crippen LogP contribution in [0.3, 0.4) is 0 Å². The quantitative estimate of drug-likeness (QED) is 0.833. The van der Waals surface area contributed by atoms with Crippen molar-refractivity contribution in [1.29, 1.82) is 0 Å². The normalized spacial score (nSPS) is 23.3. The van der Waals surface area contributed by atoms with Crippen LogP contribution in [0.1, 0.15) is 33.1 Å². The molecule has 1 aliphatic rings. The molecule has 1 aliphatic carbocycles. The number of anilines is 1. The summed E-state index contributed by atoms with van der Waals surface area (Å²) in [4.78, 5) is 8.50. The van der Waals surface area contributed by atoms with E-state index in [-0.39, 0.29) is 6.10 Å². The number of ether oxygens (including phenoxy) is 1. The first kappa shape index (κ1) is 13.1. The van der Waals surface area contributed by atoms with Crippen LogP contribution in [0.2, 0.25) is 0 Å². The maximum atomic E-state index is 6.03. The zero-order chi connectivity index (χ0) is 13.0. The summed E-state index contributed by atoms with van der Waals surface area (Å²) in [6.45, 7) is 4.80. The summed E-state index contributed by atoms with van der Waals surface area (Å²) < 4.78 is 5.53. The van der Waals surface area contributed by atoms with Gasteiger partial charge in [-0.15, -0.1) is 0 Å². The predicted molar refractivity (Wildman–Crippen MR) is 71.6 cm³/mol. The smallest absolute Gasteiger partial charge is 0.225 e. The Labute approximate surface area is 108 Å². The van der Waals surface area contributed by atoms with Gasteiger partial charge in [-0.1, -0.05) is 6.42 Å². The summed E-state index contributed by atoms with van der Waals surface area (Å²) in [5.74, 6) is 1.76. The lowest BCUT2D eigenvalue weighted by Crippen LogP contribution is -2.30. The van der Waals surface area contributed by atoms with Gasteiger partial charge in [-0.3, -0.25) is 0 Å². The zero-order valence-corrected chi connectivity index (χ0v) is 11.1. The van der Waals surface area contributed by atoms with E-state index in [0.717, 1.165) is 13.0 Å². The molecule has 0 radical (unpaired) electrons. The lowest BCUT2D eigenvalue weighted by atomic mass is 10.1. The minimum atomic E-state index is 0.121. The number of nitrogens with two attached hydrogens (primary N) is 1. The van der Waals surface area contributed by atoms with Gasteiger partial charge in [0.25, 0.3) is 0 Å². The zero-order valence-electron chi connectivity index (χ0n) is 11.1. The maximum Gasteiger partial charge on any atom is 0.225 e. The molecule has 2 rings (SSSR count). The highest BCUT2D eigenvalue weighted by Crippen LogP contribution is 2.24. The van der Waals surface area contributed by atoms with Gasteiger partial charge in [-0.2, -0.15) is 4.98 Å². The van der Waals surface area contributed by atoms with Crippen LogP contribution in [0.25, 0.3) is 0 Å². The van der Waals surface area contributed by atoms with Crippen molar-refractivity contribution in [2.75, 3.05) is 11.9 Å². The fraction of sp³-hybridized carbons (Fsp3) is 0.692. The van der Waals surface area contributed by atoms with Crippen molar-refractivity contribution in [3.05, 3.63) is 12.3 Å². The molecule has 0 aliphatic heterocycles.